The van der Waals surface area contributed by atoms with Gasteiger partial charge in [0.2, 0.25) is 0 Å². The molecule has 5 nitrogen and oxygen atoms in total. The Morgan fingerprint density at radius 2 is 2.36 bits per heavy atom. The molecular formula is C8H12N2O3S. The minimum absolute atomic E-state index is 0.197. The lowest BCUT2D eigenvalue weighted by Crippen LogP contribution is -2.24. The van der Waals surface area contributed by atoms with Gasteiger partial charge in [0.25, 0.3) is 5.91 Å². The van der Waals surface area contributed by atoms with E-state index in [9.17, 15) is 9.90 Å². The lowest BCUT2D eigenvalue weighted by molar-refractivity contribution is 0.0319. The third-order valence-corrected chi connectivity index (χ3v) is 2.62. The number of primary amides is 1. The van der Waals surface area contributed by atoms with E-state index in [0.29, 0.717) is 5.01 Å². The van der Waals surface area contributed by atoms with E-state index in [1.165, 1.54) is 23.6 Å². The molecule has 0 saturated carbocycles. The van der Waals surface area contributed by atoms with Crippen LogP contribution in [-0.2, 0) is 6.42 Å². The van der Waals surface area contributed by atoms with Crippen LogP contribution in [0, 0.1) is 0 Å². The number of aliphatic hydroxyl groups is 2. The van der Waals surface area contributed by atoms with E-state index in [2.05, 4.69) is 4.98 Å². The highest BCUT2D eigenvalue weighted by molar-refractivity contribution is 7.09. The van der Waals surface area contributed by atoms with Crippen molar-refractivity contribution < 1.29 is 15.0 Å². The average Bonchev–Trinajstić information content (AvgIpc) is 2.52. The molecule has 0 bridgehead atoms. The number of nitrogens with zero attached hydrogens (tertiary/aromatic N) is 1. The number of nitrogens with two attached hydrogens (primary N) is 1. The van der Waals surface area contributed by atoms with Gasteiger partial charge in [-0.2, -0.15) is 0 Å². The number of rotatable bonds is 4. The highest BCUT2D eigenvalue weighted by atomic mass is 32.1. The van der Waals surface area contributed by atoms with Crippen LogP contribution in [0.25, 0.3) is 0 Å². The van der Waals surface area contributed by atoms with Crippen LogP contribution in [0.4, 0.5) is 0 Å². The maximum absolute atomic E-state index is 10.7. The number of carbonyl (C=O) groups is 1. The van der Waals surface area contributed by atoms with Gasteiger partial charge in [-0.25, -0.2) is 4.98 Å². The van der Waals surface area contributed by atoms with Gasteiger partial charge in [0.15, 0.2) is 0 Å². The Balaban J connectivity index is 2.64. The first-order valence-corrected chi connectivity index (χ1v) is 4.99. The molecule has 2 unspecified atom stereocenters. The van der Waals surface area contributed by atoms with E-state index in [-0.39, 0.29) is 12.1 Å². The molecule has 0 saturated heterocycles. The quantitative estimate of drug-likeness (QED) is 0.633. The molecule has 0 radical (unpaired) electrons. The fourth-order valence-corrected chi connectivity index (χ4v) is 1.70. The molecule has 1 amide bonds. The Morgan fingerprint density at radius 3 is 2.79 bits per heavy atom. The van der Waals surface area contributed by atoms with Crippen molar-refractivity contribution in [3.8, 4) is 0 Å². The smallest absolute Gasteiger partial charge is 0.268 e. The van der Waals surface area contributed by atoms with Crippen LogP contribution in [0.2, 0.25) is 0 Å². The minimum Gasteiger partial charge on any atom is -0.391 e. The molecule has 4 N–H and O–H groups in total. The standard InChI is InChI=1S/C8H12N2O3S/c1-4(11)6(12)2-7-10-5(3-14-7)8(9)13/h3-4,6,11-12H,2H2,1H3,(H2,9,13). The summed E-state index contributed by atoms with van der Waals surface area (Å²) in [6.07, 6.45) is -1.44. The number of hydrogen-bond donors (Lipinski definition) is 3. The molecule has 0 spiro atoms. The third-order valence-electron chi connectivity index (χ3n) is 1.74. The summed E-state index contributed by atoms with van der Waals surface area (Å²) >= 11 is 1.24. The normalized spacial score (nSPS) is 15.1. The molecule has 1 aromatic heterocycles. The molecule has 1 aromatic rings. The van der Waals surface area contributed by atoms with Gasteiger partial charge >= 0.3 is 0 Å². The molecule has 0 aliphatic carbocycles. The molecule has 0 fully saturated rings. The molecule has 1 heterocycles. The lowest BCUT2D eigenvalue weighted by atomic mass is 10.2. The summed E-state index contributed by atoms with van der Waals surface area (Å²) in [5.74, 6) is -0.584. The first kappa shape index (κ1) is 11.1. The Labute approximate surface area is 85.2 Å². The van der Waals surface area contributed by atoms with Gasteiger partial charge in [0.1, 0.15) is 5.69 Å². The van der Waals surface area contributed by atoms with E-state index in [1.807, 2.05) is 0 Å². The number of amides is 1. The molecule has 2 atom stereocenters. The van der Waals surface area contributed by atoms with Gasteiger partial charge in [0.05, 0.1) is 17.2 Å². The number of thiazole rings is 1. The van der Waals surface area contributed by atoms with Crippen LogP contribution in [0.1, 0.15) is 22.4 Å². The molecule has 78 valence electrons. The largest absolute Gasteiger partial charge is 0.391 e. The fourth-order valence-electron chi connectivity index (χ4n) is 0.867. The summed E-state index contributed by atoms with van der Waals surface area (Å²) in [5.41, 5.74) is 5.21. The van der Waals surface area contributed by atoms with Crippen molar-refractivity contribution in [3.63, 3.8) is 0 Å². The van der Waals surface area contributed by atoms with Gasteiger partial charge in [-0.1, -0.05) is 0 Å². The predicted molar refractivity (Wildman–Crippen MR) is 52.0 cm³/mol. The van der Waals surface area contributed by atoms with Crippen LogP contribution in [0.15, 0.2) is 5.38 Å². The van der Waals surface area contributed by atoms with Gasteiger partial charge in [-0.3, -0.25) is 4.79 Å². The summed E-state index contributed by atoms with van der Waals surface area (Å²) in [4.78, 5) is 14.6. The zero-order valence-corrected chi connectivity index (χ0v) is 8.49. The number of aliphatic hydroxyl groups excluding tert-OH is 2. The lowest BCUT2D eigenvalue weighted by Gasteiger charge is -2.10. The molecule has 1 rings (SSSR count). The van der Waals surface area contributed by atoms with Gasteiger partial charge in [0, 0.05) is 11.8 Å². The van der Waals surface area contributed by atoms with Crippen molar-refractivity contribution >= 4 is 17.2 Å². The predicted octanol–water partition coefficient (Wildman–Crippen LogP) is -0.474. The monoisotopic (exact) mass is 216 g/mol. The van der Waals surface area contributed by atoms with Crippen molar-refractivity contribution in [1.29, 1.82) is 0 Å². The second-order valence-electron chi connectivity index (χ2n) is 3.00. The van der Waals surface area contributed by atoms with Crippen LogP contribution in [0.3, 0.4) is 0 Å². The van der Waals surface area contributed by atoms with Crippen molar-refractivity contribution in [2.45, 2.75) is 25.6 Å². The zero-order chi connectivity index (χ0) is 10.7. The van der Waals surface area contributed by atoms with Gasteiger partial charge in [-0.15, -0.1) is 11.3 Å². The fraction of sp³-hybridized carbons (Fsp3) is 0.500. The highest BCUT2D eigenvalue weighted by Crippen LogP contribution is 2.12. The van der Waals surface area contributed by atoms with Crippen LogP contribution < -0.4 is 5.73 Å². The molecular weight excluding hydrogens is 204 g/mol. The van der Waals surface area contributed by atoms with Crippen LogP contribution >= 0.6 is 11.3 Å². The SMILES string of the molecule is CC(O)C(O)Cc1nc(C(N)=O)cs1. The molecule has 0 aliphatic rings. The van der Waals surface area contributed by atoms with Gasteiger partial charge in [-0.05, 0) is 6.92 Å². The summed E-state index contributed by atoms with van der Waals surface area (Å²) in [6, 6.07) is 0. The van der Waals surface area contributed by atoms with E-state index in [0.717, 1.165) is 0 Å². The highest BCUT2D eigenvalue weighted by Gasteiger charge is 2.15. The Bertz CT molecular complexity index is 324. The van der Waals surface area contributed by atoms with E-state index in [1.54, 1.807) is 0 Å². The summed E-state index contributed by atoms with van der Waals surface area (Å²) in [7, 11) is 0. The molecule has 6 heteroatoms. The Hall–Kier alpha value is -0.980. The Kier molecular flexibility index (Phi) is 3.56. The summed E-state index contributed by atoms with van der Waals surface area (Å²) < 4.78 is 0. The Morgan fingerprint density at radius 1 is 1.71 bits per heavy atom. The van der Waals surface area contributed by atoms with Crippen molar-refractivity contribution in [1.82, 2.24) is 4.98 Å². The van der Waals surface area contributed by atoms with Crippen molar-refractivity contribution in [2.24, 2.45) is 5.73 Å². The topological polar surface area (TPSA) is 96.4 Å². The van der Waals surface area contributed by atoms with Crippen molar-refractivity contribution in [2.75, 3.05) is 0 Å². The van der Waals surface area contributed by atoms with Crippen molar-refractivity contribution in [3.05, 3.63) is 16.1 Å². The van der Waals surface area contributed by atoms with E-state index in [4.69, 9.17) is 10.8 Å². The number of carbonyl (C=O) groups excluding carboxylic acids is 1. The third kappa shape index (κ3) is 2.76. The molecule has 0 aliphatic heterocycles. The summed E-state index contributed by atoms with van der Waals surface area (Å²) in [5, 5.41) is 20.5. The first-order chi connectivity index (χ1) is 6.50. The number of aromatic nitrogens is 1. The zero-order valence-electron chi connectivity index (χ0n) is 7.67. The molecule has 0 aromatic carbocycles. The second-order valence-corrected chi connectivity index (χ2v) is 3.95. The van der Waals surface area contributed by atoms with Crippen LogP contribution in [-0.4, -0.2) is 33.3 Å². The maximum atomic E-state index is 10.7. The van der Waals surface area contributed by atoms with Gasteiger partial charge < -0.3 is 15.9 Å². The minimum atomic E-state index is -0.859. The molecule has 14 heavy (non-hydrogen) atoms. The number of hydrogen-bond acceptors (Lipinski definition) is 5. The van der Waals surface area contributed by atoms with Crippen LogP contribution in [0.5, 0.6) is 0 Å². The van der Waals surface area contributed by atoms with E-state index >= 15 is 0 Å². The second kappa shape index (κ2) is 4.50. The van der Waals surface area contributed by atoms with E-state index < -0.39 is 18.1 Å². The first-order valence-electron chi connectivity index (χ1n) is 4.11. The maximum Gasteiger partial charge on any atom is 0.268 e. The summed E-state index contributed by atoms with van der Waals surface area (Å²) in [6.45, 7) is 1.49. The average molecular weight is 216 g/mol.